The van der Waals surface area contributed by atoms with Gasteiger partial charge in [-0.3, -0.25) is 4.99 Å². The Morgan fingerprint density at radius 1 is 0.900 bits per heavy atom. The number of hydrogen-bond donors (Lipinski definition) is 1. The summed E-state index contributed by atoms with van der Waals surface area (Å²) in [4.78, 5) is 4.28. The van der Waals surface area contributed by atoms with Crippen LogP contribution in [0.25, 0.3) is 0 Å². The van der Waals surface area contributed by atoms with Crippen LogP contribution < -0.4 is 5.32 Å². The Kier molecular flexibility index (Phi) is 11.7. The molecule has 118 valence electrons. The quantitative estimate of drug-likeness (QED) is 0.481. The molecule has 0 aromatic rings. The molecule has 0 atom stereocenters. The van der Waals surface area contributed by atoms with Crippen molar-refractivity contribution in [2.75, 3.05) is 26.2 Å². The average Bonchev–Trinajstić information content (AvgIpc) is 2.97. The Labute approximate surface area is 125 Å². The van der Waals surface area contributed by atoms with Crippen LogP contribution in [0.1, 0.15) is 77.6 Å². The lowest BCUT2D eigenvalue weighted by Crippen LogP contribution is -2.19. The lowest BCUT2D eigenvalue weighted by molar-refractivity contribution is 0.337. The highest BCUT2D eigenvalue weighted by Crippen LogP contribution is 2.10. The second kappa shape index (κ2) is 13.4. The minimum Gasteiger partial charge on any atom is -0.479 e. The van der Waals surface area contributed by atoms with Gasteiger partial charge in [-0.25, -0.2) is 0 Å². The number of nitrogens with zero attached hydrogens (tertiary/aromatic N) is 1. The Morgan fingerprint density at radius 3 is 2.15 bits per heavy atom. The Hall–Kier alpha value is -0.570. The van der Waals surface area contributed by atoms with Crippen LogP contribution in [0.5, 0.6) is 0 Å². The van der Waals surface area contributed by atoms with Crippen molar-refractivity contribution < 1.29 is 4.74 Å². The van der Waals surface area contributed by atoms with E-state index in [0.717, 1.165) is 38.6 Å². The summed E-state index contributed by atoms with van der Waals surface area (Å²) in [6.45, 7) is 6.07. The standard InChI is InChI=1S/C17H34N2O/c1-2-3-4-5-6-7-8-9-10-11-13-18-14-12-17-19-15-16-20-17/h18H,2-16H2,1H3. The first-order chi connectivity index (χ1) is 9.93. The molecule has 0 spiro atoms. The van der Waals surface area contributed by atoms with E-state index < -0.39 is 0 Å². The molecule has 0 aliphatic carbocycles. The molecule has 1 aliphatic rings. The highest BCUT2D eigenvalue weighted by Gasteiger charge is 2.05. The van der Waals surface area contributed by atoms with Crippen molar-refractivity contribution >= 4 is 5.90 Å². The minimum atomic E-state index is 0.785. The van der Waals surface area contributed by atoms with E-state index in [2.05, 4.69) is 17.2 Å². The zero-order chi connectivity index (χ0) is 14.3. The summed E-state index contributed by atoms with van der Waals surface area (Å²) in [5.41, 5.74) is 0. The van der Waals surface area contributed by atoms with Gasteiger partial charge in [0, 0.05) is 13.0 Å². The maximum atomic E-state index is 5.37. The molecule has 0 saturated heterocycles. The summed E-state index contributed by atoms with van der Waals surface area (Å²) in [5, 5.41) is 3.48. The molecule has 0 aromatic heterocycles. The van der Waals surface area contributed by atoms with Gasteiger partial charge in [0.05, 0.1) is 6.54 Å². The molecule has 0 aromatic carbocycles. The van der Waals surface area contributed by atoms with Gasteiger partial charge in [0.1, 0.15) is 6.61 Å². The molecule has 1 N–H and O–H groups in total. The van der Waals surface area contributed by atoms with Gasteiger partial charge >= 0.3 is 0 Å². The fourth-order valence-corrected chi connectivity index (χ4v) is 2.59. The van der Waals surface area contributed by atoms with Crippen molar-refractivity contribution in [1.29, 1.82) is 0 Å². The molecular weight excluding hydrogens is 248 g/mol. The van der Waals surface area contributed by atoms with Gasteiger partial charge < -0.3 is 10.1 Å². The molecule has 1 rings (SSSR count). The summed E-state index contributed by atoms with van der Waals surface area (Å²) in [6, 6.07) is 0. The first-order valence-electron chi connectivity index (χ1n) is 8.80. The molecule has 0 bridgehead atoms. The van der Waals surface area contributed by atoms with Crippen LogP contribution in [0.15, 0.2) is 4.99 Å². The van der Waals surface area contributed by atoms with E-state index in [1.807, 2.05) is 0 Å². The second-order valence-corrected chi connectivity index (χ2v) is 5.81. The van der Waals surface area contributed by atoms with Crippen LogP contribution >= 0.6 is 0 Å². The maximum absolute atomic E-state index is 5.37. The van der Waals surface area contributed by atoms with Crippen LogP contribution in [0.3, 0.4) is 0 Å². The number of hydrogen-bond acceptors (Lipinski definition) is 3. The molecule has 0 radical (unpaired) electrons. The van der Waals surface area contributed by atoms with Crippen molar-refractivity contribution in [1.82, 2.24) is 5.32 Å². The van der Waals surface area contributed by atoms with Gasteiger partial charge in [-0.15, -0.1) is 0 Å². The topological polar surface area (TPSA) is 33.6 Å². The van der Waals surface area contributed by atoms with E-state index in [-0.39, 0.29) is 0 Å². The molecule has 0 fully saturated rings. The number of nitrogens with one attached hydrogen (secondary N) is 1. The molecule has 0 saturated carbocycles. The molecule has 0 unspecified atom stereocenters. The molecular formula is C17H34N2O. The lowest BCUT2D eigenvalue weighted by Gasteiger charge is -2.05. The number of aliphatic imine (C=N–C) groups is 1. The summed E-state index contributed by atoms with van der Waals surface area (Å²) in [6.07, 6.45) is 15.0. The number of unbranched alkanes of at least 4 members (excludes halogenated alkanes) is 9. The predicted octanol–water partition coefficient (Wildman–Crippen LogP) is 4.32. The highest BCUT2D eigenvalue weighted by atomic mass is 16.5. The molecule has 20 heavy (non-hydrogen) atoms. The van der Waals surface area contributed by atoms with E-state index in [1.54, 1.807) is 0 Å². The van der Waals surface area contributed by atoms with Gasteiger partial charge in [0.25, 0.3) is 0 Å². The van der Waals surface area contributed by atoms with Crippen molar-refractivity contribution in [3.05, 3.63) is 0 Å². The third-order valence-corrected chi connectivity index (χ3v) is 3.87. The van der Waals surface area contributed by atoms with Crippen molar-refractivity contribution in [3.8, 4) is 0 Å². The van der Waals surface area contributed by atoms with Gasteiger partial charge in [-0.2, -0.15) is 0 Å². The largest absolute Gasteiger partial charge is 0.479 e. The molecule has 1 heterocycles. The van der Waals surface area contributed by atoms with Crippen molar-refractivity contribution in [3.63, 3.8) is 0 Å². The average molecular weight is 282 g/mol. The third-order valence-electron chi connectivity index (χ3n) is 3.87. The number of rotatable bonds is 14. The third kappa shape index (κ3) is 10.2. The minimum absolute atomic E-state index is 0.785. The summed E-state index contributed by atoms with van der Waals surface area (Å²) in [7, 11) is 0. The van der Waals surface area contributed by atoms with Crippen LogP contribution in [-0.4, -0.2) is 32.1 Å². The lowest BCUT2D eigenvalue weighted by atomic mass is 10.1. The normalized spacial score (nSPS) is 14.3. The fourth-order valence-electron chi connectivity index (χ4n) is 2.59. The highest BCUT2D eigenvalue weighted by molar-refractivity contribution is 5.77. The Balaban J connectivity index is 1.68. The molecule has 0 amide bonds. The second-order valence-electron chi connectivity index (χ2n) is 5.81. The van der Waals surface area contributed by atoms with Gasteiger partial charge in [-0.1, -0.05) is 64.7 Å². The van der Waals surface area contributed by atoms with E-state index in [4.69, 9.17) is 4.74 Å². The van der Waals surface area contributed by atoms with Crippen molar-refractivity contribution in [2.24, 2.45) is 4.99 Å². The zero-order valence-corrected chi connectivity index (χ0v) is 13.5. The molecule has 3 heteroatoms. The maximum Gasteiger partial charge on any atom is 0.184 e. The SMILES string of the molecule is CCCCCCCCCCCCNCCC1=NCCO1. The number of ether oxygens (including phenoxy) is 1. The summed E-state index contributed by atoms with van der Waals surface area (Å²) >= 11 is 0. The fraction of sp³-hybridized carbons (Fsp3) is 0.941. The smallest absolute Gasteiger partial charge is 0.184 e. The molecule has 3 nitrogen and oxygen atoms in total. The van der Waals surface area contributed by atoms with Crippen LogP contribution in [0, 0.1) is 0 Å². The molecule has 1 aliphatic heterocycles. The Morgan fingerprint density at radius 2 is 1.55 bits per heavy atom. The van der Waals surface area contributed by atoms with E-state index >= 15 is 0 Å². The van der Waals surface area contributed by atoms with Gasteiger partial charge in [0.15, 0.2) is 5.90 Å². The van der Waals surface area contributed by atoms with E-state index in [1.165, 1.54) is 64.2 Å². The first kappa shape index (κ1) is 17.5. The monoisotopic (exact) mass is 282 g/mol. The van der Waals surface area contributed by atoms with Crippen LogP contribution in [0.4, 0.5) is 0 Å². The van der Waals surface area contributed by atoms with E-state index in [9.17, 15) is 0 Å². The van der Waals surface area contributed by atoms with E-state index in [0.29, 0.717) is 0 Å². The first-order valence-corrected chi connectivity index (χ1v) is 8.80. The van der Waals surface area contributed by atoms with Crippen LogP contribution in [-0.2, 0) is 4.74 Å². The summed E-state index contributed by atoms with van der Waals surface area (Å²) in [5.74, 6) is 0.945. The summed E-state index contributed by atoms with van der Waals surface area (Å²) < 4.78 is 5.37. The van der Waals surface area contributed by atoms with Gasteiger partial charge in [-0.05, 0) is 13.0 Å². The predicted molar refractivity (Wildman–Crippen MR) is 87.6 cm³/mol. The Bertz CT molecular complexity index is 241. The zero-order valence-electron chi connectivity index (χ0n) is 13.5. The van der Waals surface area contributed by atoms with Gasteiger partial charge in [0.2, 0.25) is 0 Å². The van der Waals surface area contributed by atoms with Crippen molar-refractivity contribution in [2.45, 2.75) is 77.6 Å². The van der Waals surface area contributed by atoms with Crippen LogP contribution in [0.2, 0.25) is 0 Å².